The molecule has 0 spiro atoms. The number of ether oxygens (including phenoxy) is 1. The summed E-state index contributed by atoms with van der Waals surface area (Å²) < 4.78 is 8.99. The van der Waals surface area contributed by atoms with Crippen LogP contribution in [0, 0.1) is 0 Å². The number of imidazole rings is 1. The van der Waals surface area contributed by atoms with Crippen LogP contribution >= 0.6 is 22.9 Å². The van der Waals surface area contributed by atoms with Crippen molar-refractivity contribution < 1.29 is 9.53 Å². The number of nitrogens with zero attached hydrogens (tertiary/aromatic N) is 4. The Kier molecular flexibility index (Phi) is 4.33. The summed E-state index contributed by atoms with van der Waals surface area (Å²) in [6, 6.07) is 5.20. The van der Waals surface area contributed by atoms with Crippen LogP contribution in [0.2, 0.25) is 5.02 Å². The van der Waals surface area contributed by atoms with Crippen molar-refractivity contribution in [1.29, 1.82) is 0 Å². The molecular weight excluding hydrogens is 390 g/mol. The maximum atomic E-state index is 12.4. The molecule has 0 aliphatic heterocycles. The van der Waals surface area contributed by atoms with E-state index in [2.05, 4.69) is 15.3 Å². The number of aryl methyl sites for hydroxylation is 1. The van der Waals surface area contributed by atoms with E-state index < -0.39 is 0 Å². The van der Waals surface area contributed by atoms with Crippen LogP contribution in [-0.2, 0) is 18.4 Å². The Hall–Kier alpha value is -2.91. The molecule has 0 saturated heterocycles. The maximum absolute atomic E-state index is 12.4. The van der Waals surface area contributed by atoms with Crippen molar-refractivity contribution in [2.45, 2.75) is 6.54 Å². The predicted molar refractivity (Wildman–Crippen MR) is 105 cm³/mol. The van der Waals surface area contributed by atoms with Crippen LogP contribution in [-0.4, -0.2) is 32.1 Å². The van der Waals surface area contributed by atoms with Gasteiger partial charge in [-0.1, -0.05) is 22.9 Å². The number of fused-ring (bicyclic) bond motifs is 2. The van der Waals surface area contributed by atoms with Gasteiger partial charge in [-0.2, -0.15) is 0 Å². The van der Waals surface area contributed by atoms with Gasteiger partial charge in [0.15, 0.2) is 5.13 Å². The Balaban J connectivity index is 1.59. The van der Waals surface area contributed by atoms with E-state index in [0.29, 0.717) is 32.5 Å². The minimum atomic E-state index is -0.308. The van der Waals surface area contributed by atoms with Crippen LogP contribution < -0.4 is 15.6 Å². The van der Waals surface area contributed by atoms with Gasteiger partial charge in [0, 0.05) is 19.3 Å². The molecule has 0 aliphatic carbocycles. The third-order valence-electron chi connectivity index (χ3n) is 4.07. The summed E-state index contributed by atoms with van der Waals surface area (Å²) in [5, 5.41) is 3.67. The van der Waals surface area contributed by atoms with Crippen molar-refractivity contribution in [1.82, 2.24) is 19.1 Å². The molecule has 1 amide bonds. The second-order valence-corrected chi connectivity index (χ2v) is 7.30. The van der Waals surface area contributed by atoms with Crippen LogP contribution in [0.1, 0.15) is 0 Å². The molecule has 8 nitrogen and oxygen atoms in total. The first kappa shape index (κ1) is 17.5. The van der Waals surface area contributed by atoms with Gasteiger partial charge in [-0.15, -0.1) is 0 Å². The molecule has 0 atom stereocenters. The highest BCUT2D eigenvalue weighted by atomic mass is 35.5. The van der Waals surface area contributed by atoms with Gasteiger partial charge < -0.3 is 19.2 Å². The van der Waals surface area contributed by atoms with Gasteiger partial charge in [0.05, 0.1) is 34.2 Å². The van der Waals surface area contributed by atoms with Crippen LogP contribution in [0.3, 0.4) is 0 Å². The lowest BCUT2D eigenvalue weighted by Crippen LogP contribution is -2.22. The van der Waals surface area contributed by atoms with Gasteiger partial charge in [-0.25, -0.2) is 9.97 Å². The van der Waals surface area contributed by atoms with Gasteiger partial charge in [0.25, 0.3) is 5.56 Å². The molecule has 3 heterocycles. The Morgan fingerprint density at radius 2 is 2.19 bits per heavy atom. The summed E-state index contributed by atoms with van der Waals surface area (Å²) in [4.78, 5) is 33.3. The number of amides is 1. The summed E-state index contributed by atoms with van der Waals surface area (Å²) >= 11 is 7.43. The van der Waals surface area contributed by atoms with Crippen LogP contribution in [0.15, 0.2) is 35.5 Å². The van der Waals surface area contributed by atoms with E-state index in [0.717, 1.165) is 4.70 Å². The lowest BCUT2D eigenvalue weighted by molar-refractivity contribution is -0.116. The largest absolute Gasteiger partial charge is 0.495 e. The van der Waals surface area contributed by atoms with Crippen LogP contribution in [0.25, 0.3) is 21.3 Å². The molecule has 0 saturated carbocycles. The van der Waals surface area contributed by atoms with E-state index in [1.165, 1.54) is 33.9 Å². The monoisotopic (exact) mass is 403 g/mol. The molecular formula is C17H14ClN5O3S. The number of hydrogen-bond acceptors (Lipinski definition) is 6. The highest BCUT2D eigenvalue weighted by molar-refractivity contribution is 7.22. The zero-order chi connectivity index (χ0) is 19.1. The number of anilines is 1. The summed E-state index contributed by atoms with van der Waals surface area (Å²) in [6.07, 6.45) is 3.12. The molecule has 0 radical (unpaired) electrons. The smallest absolute Gasteiger partial charge is 0.276 e. The van der Waals surface area contributed by atoms with E-state index in [1.807, 2.05) is 0 Å². The van der Waals surface area contributed by atoms with Crippen molar-refractivity contribution >= 4 is 55.2 Å². The van der Waals surface area contributed by atoms with E-state index >= 15 is 0 Å². The fraction of sp³-hybridized carbons (Fsp3) is 0.176. The number of thiazole rings is 1. The SMILES string of the molecule is COc1cc2nc(NC(=O)Cn3cnc4ccn(C)c(=O)c43)sc2cc1Cl. The molecule has 0 bridgehead atoms. The standard InChI is InChI=1S/C17H14ClN5O3S/c1-22-4-3-10-15(16(22)25)23(8-19-10)7-14(24)21-17-20-11-6-12(26-2)9(18)5-13(11)27-17/h3-6,8H,7H2,1-2H3,(H,20,21,24). The topological polar surface area (TPSA) is 91.0 Å². The average Bonchev–Trinajstić information content (AvgIpc) is 3.20. The zero-order valence-electron chi connectivity index (χ0n) is 14.4. The molecule has 3 aromatic heterocycles. The maximum Gasteiger partial charge on any atom is 0.276 e. The summed E-state index contributed by atoms with van der Waals surface area (Å²) in [5.41, 5.74) is 1.40. The summed E-state index contributed by atoms with van der Waals surface area (Å²) in [6.45, 7) is -0.0459. The molecule has 1 N–H and O–H groups in total. The zero-order valence-corrected chi connectivity index (χ0v) is 16.0. The lowest BCUT2D eigenvalue weighted by atomic mass is 10.3. The number of pyridine rings is 1. The van der Waals surface area contributed by atoms with Crippen molar-refractivity contribution in [2.75, 3.05) is 12.4 Å². The number of aromatic nitrogens is 4. The molecule has 0 aliphatic rings. The predicted octanol–water partition coefficient (Wildman–Crippen LogP) is 2.65. The van der Waals surface area contributed by atoms with Gasteiger partial charge in [0.1, 0.15) is 17.8 Å². The van der Waals surface area contributed by atoms with E-state index in [-0.39, 0.29) is 18.0 Å². The van der Waals surface area contributed by atoms with Gasteiger partial charge in [-0.3, -0.25) is 9.59 Å². The number of methoxy groups -OCH3 is 1. The number of nitrogens with one attached hydrogen (secondary N) is 1. The Bertz CT molecular complexity index is 1240. The van der Waals surface area contributed by atoms with Crippen molar-refractivity contribution in [3.63, 3.8) is 0 Å². The number of carbonyl (C=O) groups is 1. The normalized spacial score (nSPS) is 11.2. The van der Waals surface area contributed by atoms with Crippen LogP contribution in [0.5, 0.6) is 5.75 Å². The molecule has 4 rings (SSSR count). The first-order valence-electron chi connectivity index (χ1n) is 7.90. The summed E-state index contributed by atoms with van der Waals surface area (Å²) in [5.74, 6) is 0.213. The number of benzene rings is 1. The first-order valence-corrected chi connectivity index (χ1v) is 9.10. The van der Waals surface area contributed by atoms with Crippen molar-refractivity contribution in [3.8, 4) is 5.75 Å². The fourth-order valence-corrected chi connectivity index (χ4v) is 3.95. The van der Waals surface area contributed by atoms with Crippen LogP contribution in [0.4, 0.5) is 5.13 Å². The average molecular weight is 404 g/mol. The highest BCUT2D eigenvalue weighted by Crippen LogP contribution is 2.34. The van der Waals surface area contributed by atoms with Crippen molar-refractivity contribution in [2.24, 2.45) is 7.05 Å². The van der Waals surface area contributed by atoms with Gasteiger partial charge >= 0.3 is 0 Å². The molecule has 0 unspecified atom stereocenters. The second-order valence-electron chi connectivity index (χ2n) is 5.86. The molecule has 4 aromatic rings. The van der Waals surface area contributed by atoms with Gasteiger partial charge in [0.2, 0.25) is 5.91 Å². The van der Waals surface area contributed by atoms with Gasteiger partial charge in [-0.05, 0) is 12.1 Å². The van der Waals surface area contributed by atoms with Crippen molar-refractivity contribution in [3.05, 3.63) is 46.1 Å². The fourth-order valence-electron chi connectivity index (χ4n) is 2.74. The molecule has 0 fully saturated rings. The third kappa shape index (κ3) is 3.15. The third-order valence-corrected chi connectivity index (χ3v) is 5.30. The van der Waals surface area contributed by atoms with E-state index in [1.54, 1.807) is 31.4 Å². The van der Waals surface area contributed by atoms with E-state index in [4.69, 9.17) is 16.3 Å². The number of carbonyl (C=O) groups excluding carboxylic acids is 1. The second kappa shape index (κ2) is 6.67. The Morgan fingerprint density at radius 1 is 1.37 bits per heavy atom. The number of rotatable bonds is 4. The molecule has 138 valence electrons. The first-order chi connectivity index (χ1) is 13.0. The Morgan fingerprint density at radius 3 is 2.96 bits per heavy atom. The van der Waals surface area contributed by atoms with E-state index in [9.17, 15) is 9.59 Å². The lowest BCUT2D eigenvalue weighted by Gasteiger charge is -2.04. The number of hydrogen-bond donors (Lipinski definition) is 1. The quantitative estimate of drug-likeness (QED) is 0.565. The molecule has 27 heavy (non-hydrogen) atoms. The Labute approximate surface area is 162 Å². The minimum absolute atomic E-state index is 0.0459. The highest BCUT2D eigenvalue weighted by Gasteiger charge is 2.14. The summed E-state index contributed by atoms with van der Waals surface area (Å²) in [7, 11) is 3.18. The minimum Gasteiger partial charge on any atom is -0.495 e. The molecule has 10 heteroatoms. The molecule has 1 aromatic carbocycles. The number of halogens is 1.